The summed E-state index contributed by atoms with van der Waals surface area (Å²) >= 11 is 3.55. The molecule has 168 valence electrons. The van der Waals surface area contributed by atoms with Crippen LogP contribution in [0.4, 0.5) is 4.79 Å². The van der Waals surface area contributed by atoms with Crippen LogP contribution in [0.2, 0.25) is 0 Å². The molecule has 0 aliphatic carbocycles. The molecule has 0 aliphatic heterocycles. The Hall–Kier alpha value is -2.54. The minimum absolute atomic E-state index is 0.231. The standard InChI is InChI=1S/C24H30BrNO5/c1-23(2,3)31-22(28)26-24(4,5)14-16-11-12-20(19(25)13-16)30-15-17-9-7-8-10-18(17)21(27)29-6/h7-13H,14-15H2,1-6H3,(H,26,28). The van der Waals surface area contributed by atoms with Crippen LogP contribution in [-0.4, -0.2) is 30.3 Å². The summed E-state index contributed by atoms with van der Waals surface area (Å²) in [6, 6.07) is 13.0. The van der Waals surface area contributed by atoms with Gasteiger partial charge < -0.3 is 19.5 Å². The highest BCUT2D eigenvalue weighted by atomic mass is 79.9. The van der Waals surface area contributed by atoms with Crippen LogP contribution >= 0.6 is 15.9 Å². The van der Waals surface area contributed by atoms with E-state index in [0.717, 1.165) is 15.6 Å². The summed E-state index contributed by atoms with van der Waals surface area (Å²) in [4.78, 5) is 24.0. The van der Waals surface area contributed by atoms with Crippen molar-refractivity contribution < 1.29 is 23.8 Å². The fourth-order valence-corrected chi connectivity index (χ4v) is 3.56. The molecule has 0 radical (unpaired) electrons. The summed E-state index contributed by atoms with van der Waals surface area (Å²) in [5.74, 6) is 0.259. The van der Waals surface area contributed by atoms with E-state index in [-0.39, 0.29) is 6.61 Å². The first kappa shape index (κ1) is 24.7. The molecule has 0 saturated carbocycles. The Bertz CT molecular complexity index is 934. The van der Waals surface area contributed by atoms with E-state index in [9.17, 15) is 9.59 Å². The van der Waals surface area contributed by atoms with Crippen molar-refractivity contribution in [1.82, 2.24) is 5.32 Å². The van der Waals surface area contributed by atoms with Crippen molar-refractivity contribution in [2.24, 2.45) is 0 Å². The molecule has 0 atom stereocenters. The van der Waals surface area contributed by atoms with Crippen LogP contribution in [0, 0.1) is 0 Å². The number of hydrogen-bond donors (Lipinski definition) is 1. The van der Waals surface area contributed by atoms with E-state index in [1.807, 2.05) is 65.0 Å². The average Bonchev–Trinajstić information content (AvgIpc) is 2.64. The molecule has 0 bridgehead atoms. The molecule has 0 spiro atoms. The fraction of sp³-hybridized carbons (Fsp3) is 0.417. The summed E-state index contributed by atoms with van der Waals surface area (Å²) in [7, 11) is 1.36. The number of carbonyl (C=O) groups is 2. The molecule has 31 heavy (non-hydrogen) atoms. The van der Waals surface area contributed by atoms with Crippen molar-refractivity contribution in [3.63, 3.8) is 0 Å². The smallest absolute Gasteiger partial charge is 0.408 e. The van der Waals surface area contributed by atoms with Crippen LogP contribution in [0.15, 0.2) is 46.9 Å². The molecule has 1 amide bonds. The predicted molar refractivity (Wildman–Crippen MR) is 123 cm³/mol. The first-order valence-electron chi connectivity index (χ1n) is 9.99. The minimum Gasteiger partial charge on any atom is -0.488 e. The second-order valence-corrected chi connectivity index (χ2v) is 9.74. The molecule has 1 N–H and O–H groups in total. The monoisotopic (exact) mass is 491 g/mol. The van der Waals surface area contributed by atoms with Gasteiger partial charge in [-0.3, -0.25) is 0 Å². The number of halogens is 1. The van der Waals surface area contributed by atoms with Gasteiger partial charge in [0.1, 0.15) is 18.0 Å². The number of esters is 1. The Morgan fingerprint density at radius 3 is 2.32 bits per heavy atom. The maximum Gasteiger partial charge on any atom is 0.408 e. The summed E-state index contributed by atoms with van der Waals surface area (Å²) in [5, 5.41) is 2.91. The Balaban J connectivity index is 2.04. The minimum atomic E-state index is -0.547. The van der Waals surface area contributed by atoms with Crippen molar-refractivity contribution in [3.05, 3.63) is 63.6 Å². The molecule has 0 aromatic heterocycles. The lowest BCUT2D eigenvalue weighted by Gasteiger charge is -2.29. The fourth-order valence-electron chi connectivity index (χ4n) is 3.02. The maximum atomic E-state index is 12.1. The van der Waals surface area contributed by atoms with Crippen molar-refractivity contribution in [1.29, 1.82) is 0 Å². The lowest BCUT2D eigenvalue weighted by atomic mass is 9.95. The highest BCUT2D eigenvalue weighted by molar-refractivity contribution is 9.10. The van der Waals surface area contributed by atoms with E-state index in [2.05, 4.69) is 21.2 Å². The summed E-state index contributed by atoms with van der Waals surface area (Å²) in [6.07, 6.45) is 0.164. The number of methoxy groups -OCH3 is 1. The predicted octanol–water partition coefficient (Wildman–Crippen LogP) is 5.66. The second-order valence-electron chi connectivity index (χ2n) is 8.89. The molecule has 2 aromatic rings. The zero-order chi connectivity index (χ0) is 23.2. The third-order valence-electron chi connectivity index (χ3n) is 4.29. The molecule has 0 heterocycles. The van der Waals surface area contributed by atoms with E-state index in [4.69, 9.17) is 14.2 Å². The average molecular weight is 492 g/mol. The van der Waals surface area contributed by atoms with Gasteiger partial charge in [-0.15, -0.1) is 0 Å². The molecule has 0 saturated heterocycles. The van der Waals surface area contributed by atoms with Crippen LogP contribution in [0.5, 0.6) is 5.75 Å². The quantitative estimate of drug-likeness (QED) is 0.505. The van der Waals surface area contributed by atoms with E-state index >= 15 is 0 Å². The van der Waals surface area contributed by atoms with Gasteiger partial charge in [0, 0.05) is 11.1 Å². The Morgan fingerprint density at radius 2 is 1.71 bits per heavy atom. The van der Waals surface area contributed by atoms with Crippen molar-refractivity contribution >= 4 is 28.0 Å². The van der Waals surface area contributed by atoms with Crippen LogP contribution < -0.4 is 10.1 Å². The van der Waals surface area contributed by atoms with Gasteiger partial charge in [0.2, 0.25) is 0 Å². The summed E-state index contributed by atoms with van der Waals surface area (Å²) in [5.41, 5.74) is 1.20. The molecule has 0 aliphatic rings. The van der Waals surface area contributed by atoms with Crippen LogP contribution in [0.1, 0.15) is 56.1 Å². The normalized spacial score (nSPS) is 11.6. The van der Waals surface area contributed by atoms with Gasteiger partial charge in [0.15, 0.2) is 0 Å². The number of hydrogen-bond acceptors (Lipinski definition) is 5. The molecule has 2 rings (SSSR count). The number of rotatable bonds is 7. The number of alkyl carbamates (subject to hydrolysis) is 1. The summed E-state index contributed by atoms with van der Waals surface area (Å²) < 4.78 is 16.9. The molecule has 6 nitrogen and oxygen atoms in total. The first-order chi connectivity index (χ1) is 14.4. The third-order valence-corrected chi connectivity index (χ3v) is 4.91. The van der Waals surface area contributed by atoms with Crippen molar-refractivity contribution in [2.45, 2.75) is 58.8 Å². The topological polar surface area (TPSA) is 73.9 Å². The van der Waals surface area contributed by atoms with Gasteiger partial charge in [0.05, 0.1) is 17.1 Å². The zero-order valence-corrected chi connectivity index (χ0v) is 20.5. The molecular weight excluding hydrogens is 462 g/mol. The van der Waals surface area contributed by atoms with E-state index in [1.165, 1.54) is 7.11 Å². The zero-order valence-electron chi connectivity index (χ0n) is 18.9. The molecule has 7 heteroatoms. The van der Waals surface area contributed by atoms with Gasteiger partial charge in [-0.2, -0.15) is 0 Å². The van der Waals surface area contributed by atoms with Gasteiger partial charge in [-0.25, -0.2) is 9.59 Å². The molecule has 2 aromatic carbocycles. The number of amides is 1. The van der Waals surface area contributed by atoms with E-state index < -0.39 is 23.2 Å². The van der Waals surface area contributed by atoms with Gasteiger partial charge in [-0.1, -0.05) is 24.3 Å². The number of ether oxygens (including phenoxy) is 3. The summed E-state index contributed by atoms with van der Waals surface area (Å²) in [6.45, 7) is 9.61. The maximum absolute atomic E-state index is 12.1. The van der Waals surface area contributed by atoms with Gasteiger partial charge >= 0.3 is 12.1 Å². The largest absolute Gasteiger partial charge is 0.488 e. The highest BCUT2D eigenvalue weighted by Crippen LogP contribution is 2.29. The van der Waals surface area contributed by atoms with Crippen molar-refractivity contribution in [2.75, 3.05) is 7.11 Å². The van der Waals surface area contributed by atoms with Gasteiger partial charge in [0.25, 0.3) is 0 Å². The Morgan fingerprint density at radius 1 is 1.03 bits per heavy atom. The van der Waals surface area contributed by atoms with E-state index in [1.54, 1.807) is 12.1 Å². The van der Waals surface area contributed by atoms with Gasteiger partial charge in [-0.05, 0) is 80.7 Å². The Labute approximate surface area is 192 Å². The lowest BCUT2D eigenvalue weighted by Crippen LogP contribution is -2.47. The number of benzene rings is 2. The second kappa shape index (κ2) is 10.2. The highest BCUT2D eigenvalue weighted by Gasteiger charge is 2.25. The number of nitrogens with one attached hydrogen (secondary N) is 1. The van der Waals surface area contributed by atoms with Crippen LogP contribution in [-0.2, 0) is 22.5 Å². The molecular formula is C24H30BrNO5. The molecule has 0 unspecified atom stereocenters. The SMILES string of the molecule is COC(=O)c1ccccc1COc1ccc(CC(C)(C)NC(=O)OC(C)(C)C)cc1Br. The van der Waals surface area contributed by atoms with E-state index in [0.29, 0.717) is 17.7 Å². The van der Waals surface area contributed by atoms with Crippen molar-refractivity contribution in [3.8, 4) is 5.75 Å². The number of carbonyl (C=O) groups excluding carboxylic acids is 2. The third kappa shape index (κ3) is 7.90. The van der Waals surface area contributed by atoms with Crippen LogP contribution in [0.3, 0.4) is 0 Å². The lowest BCUT2D eigenvalue weighted by molar-refractivity contribution is 0.0471. The Kier molecular flexibility index (Phi) is 8.12. The van der Waals surface area contributed by atoms with Crippen LogP contribution in [0.25, 0.3) is 0 Å². The molecule has 0 fully saturated rings. The first-order valence-corrected chi connectivity index (χ1v) is 10.8.